The smallest absolute Gasteiger partial charge is 0.172 e. The molecule has 1 aliphatic carbocycles. The first-order valence-electron chi connectivity index (χ1n) is 3.96. The van der Waals surface area contributed by atoms with Crippen molar-refractivity contribution in [2.75, 3.05) is 0 Å². The molecule has 0 bridgehead atoms. The molecule has 0 fully saturated rings. The van der Waals surface area contributed by atoms with Gasteiger partial charge in [0.25, 0.3) is 0 Å². The average Bonchev–Trinajstić information content (AvgIpc) is 2.25. The summed E-state index contributed by atoms with van der Waals surface area (Å²) < 4.78 is 0. The van der Waals surface area contributed by atoms with Crippen LogP contribution in [-0.4, -0.2) is 10.9 Å². The first kappa shape index (κ1) is 7.50. The molecule has 0 saturated carbocycles. The van der Waals surface area contributed by atoms with E-state index < -0.39 is 5.60 Å². The molecule has 0 saturated heterocycles. The van der Waals surface area contributed by atoms with Gasteiger partial charge in [-0.1, -0.05) is 24.3 Å². The molecular weight excluding hydrogens is 152 g/mol. The van der Waals surface area contributed by atoms with Crippen molar-refractivity contribution in [3.63, 3.8) is 0 Å². The van der Waals surface area contributed by atoms with E-state index in [1.54, 1.807) is 13.0 Å². The summed E-state index contributed by atoms with van der Waals surface area (Å²) in [6.07, 6.45) is 0.364. The van der Waals surface area contributed by atoms with Gasteiger partial charge in [-0.25, -0.2) is 0 Å². The van der Waals surface area contributed by atoms with E-state index >= 15 is 0 Å². The summed E-state index contributed by atoms with van der Waals surface area (Å²) in [5.41, 5.74) is 0.457. The molecule has 1 atom stereocenters. The molecular formula is C10H10O2. The predicted octanol–water partition coefficient (Wildman–Crippen LogP) is 1.02. The summed E-state index contributed by atoms with van der Waals surface area (Å²) in [5, 5.41) is 9.77. The summed E-state index contributed by atoms with van der Waals surface area (Å²) in [6, 6.07) is 7.41. The lowest BCUT2D eigenvalue weighted by Gasteiger charge is -2.15. The maximum absolute atomic E-state index is 11.3. The van der Waals surface area contributed by atoms with Gasteiger partial charge in [0.15, 0.2) is 5.78 Å². The highest BCUT2D eigenvalue weighted by Crippen LogP contribution is 2.32. The fourth-order valence-electron chi connectivity index (χ4n) is 1.64. The second kappa shape index (κ2) is 2.17. The van der Waals surface area contributed by atoms with Gasteiger partial charge in [0.1, 0.15) is 5.60 Å². The van der Waals surface area contributed by atoms with Crippen LogP contribution in [-0.2, 0) is 16.8 Å². The van der Waals surface area contributed by atoms with E-state index in [-0.39, 0.29) is 5.78 Å². The number of benzene rings is 1. The monoisotopic (exact) mass is 162 g/mol. The number of hydrogen-bond acceptors (Lipinski definition) is 2. The Hall–Kier alpha value is -1.15. The average molecular weight is 162 g/mol. The van der Waals surface area contributed by atoms with Gasteiger partial charge in [0.2, 0.25) is 0 Å². The van der Waals surface area contributed by atoms with Gasteiger partial charge in [-0.05, 0) is 18.1 Å². The number of Topliss-reactive ketones (excluding diaryl/α,β-unsaturated/α-hetero) is 1. The third-order valence-electron chi connectivity index (χ3n) is 2.44. The van der Waals surface area contributed by atoms with Crippen molar-refractivity contribution >= 4 is 5.78 Å². The minimum Gasteiger partial charge on any atom is -0.378 e. The minimum absolute atomic E-state index is 0.108. The summed E-state index contributed by atoms with van der Waals surface area (Å²) in [4.78, 5) is 11.3. The zero-order valence-corrected chi connectivity index (χ0v) is 6.87. The van der Waals surface area contributed by atoms with E-state index in [2.05, 4.69) is 0 Å². The van der Waals surface area contributed by atoms with Crippen LogP contribution in [0.5, 0.6) is 0 Å². The standard InChI is InChI=1S/C10H10O2/c1-10(12)8-5-3-2-4-7(8)6-9(10)11/h2-5,12H,6H2,1H3/t10-/m1/s1. The molecule has 0 heterocycles. The molecule has 0 aromatic heterocycles. The highest BCUT2D eigenvalue weighted by atomic mass is 16.3. The molecule has 0 spiro atoms. The zero-order valence-electron chi connectivity index (χ0n) is 6.87. The van der Waals surface area contributed by atoms with Crippen molar-refractivity contribution in [2.24, 2.45) is 0 Å². The van der Waals surface area contributed by atoms with Crippen LogP contribution in [0.4, 0.5) is 0 Å². The number of rotatable bonds is 0. The van der Waals surface area contributed by atoms with Crippen molar-refractivity contribution in [2.45, 2.75) is 18.9 Å². The van der Waals surface area contributed by atoms with Crippen LogP contribution in [0.15, 0.2) is 24.3 Å². The van der Waals surface area contributed by atoms with Gasteiger partial charge in [0.05, 0.1) is 0 Å². The maximum atomic E-state index is 11.3. The fraction of sp³-hybridized carbons (Fsp3) is 0.300. The highest BCUT2D eigenvalue weighted by Gasteiger charge is 2.39. The Bertz CT molecular complexity index is 339. The summed E-state index contributed by atoms with van der Waals surface area (Å²) in [5.74, 6) is -0.108. The van der Waals surface area contributed by atoms with Crippen LogP contribution >= 0.6 is 0 Å². The van der Waals surface area contributed by atoms with E-state index in [0.717, 1.165) is 11.1 Å². The second-order valence-electron chi connectivity index (χ2n) is 3.33. The number of fused-ring (bicyclic) bond motifs is 1. The Morgan fingerprint density at radius 3 is 2.75 bits per heavy atom. The van der Waals surface area contributed by atoms with E-state index in [1.165, 1.54) is 0 Å². The Morgan fingerprint density at radius 2 is 2.08 bits per heavy atom. The number of aliphatic hydroxyl groups is 1. The summed E-state index contributed by atoms with van der Waals surface area (Å²) in [6.45, 7) is 1.56. The van der Waals surface area contributed by atoms with E-state index in [4.69, 9.17) is 0 Å². The lowest BCUT2D eigenvalue weighted by molar-refractivity contribution is -0.133. The third-order valence-corrected chi connectivity index (χ3v) is 2.44. The van der Waals surface area contributed by atoms with E-state index in [9.17, 15) is 9.90 Å². The number of ketones is 1. The topological polar surface area (TPSA) is 37.3 Å². The number of hydrogen-bond donors (Lipinski definition) is 1. The molecule has 12 heavy (non-hydrogen) atoms. The van der Waals surface area contributed by atoms with E-state index in [0.29, 0.717) is 6.42 Å². The molecule has 1 aliphatic rings. The van der Waals surface area contributed by atoms with Gasteiger partial charge in [0, 0.05) is 6.42 Å². The largest absolute Gasteiger partial charge is 0.378 e. The molecule has 0 amide bonds. The van der Waals surface area contributed by atoms with Crippen LogP contribution in [0.3, 0.4) is 0 Å². The van der Waals surface area contributed by atoms with E-state index in [1.807, 2.05) is 18.2 Å². The van der Waals surface area contributed by atoms with Crippen molar-refractivity contribution in [1.29, 1.82) is 0 Å². The molecule has 1 aromatic rings. The summed E-state index contributed by atoms with van der Waals surface area (Å²) >= 11 is 0. The van der Waals surface area contributed by atoms with Crippen molar-refractivity contribution in [3.8, 4) is 0 Å². The first-order chi connectivity index (χ1) is 5.62. The molecule has 2 nitrogen and oxygen atoms in total. The third kappa shape index (κ3) is 0.816. The van der Waals surface area contributed by atoms with Crippen molar-refractivity contribution in [1.82, 2.24) is 0 Å². The van der Waals surface area contributed by atoms with Gasteiger partial charge in [-0.3, -0.25) is 4.79 Å². The maximum Gasteiger partial charge on any atom is 0.172 e. The van der Waals surface area contributed by atoms with Crippen LogP contribution in [0.2, 0.25) is 0 Å². The predicted molar refractivity (Wildman–Crippen MR) is 44.7 cm³/mol. The molecule has 0 radical (unpaired) electrons. The number of carbonyl (C=O) groups is 1. The normalized spacial score (nSPS) is 27.3. The highest BCUT2D eigenvalue weighted by molar-refractivity contribution is 5.94. The fourth-order valence-corrected chi connectivity index (χ4v) is 1.64. The van der Waals surface area contributed by atoms with Crippen LogP contribution in [0.25, 0.3) is 0 Å². The molecule has 2 rings (SSSR count). The molecule has 1 N–H and O–H groups in total. The SMILES string of the molecule is C[C@]1(O)C(=O)Cc2ccccc21. The molecule has 2 heteroatoms. The Kier molecular flexibility index (Phi) is 1.36. The zero-order chi connectivity index (χ0) is 8.77. The second-order valence-corrected chi connectivity index (χ2v) is 3.33. The molecule has 62 valence electrons. The van der Waals surface area contributed by atoms with Crippen LogP contribution in [0, 0.1) is 0 Å². The minimum atomic E-state index is -1.25. The van der Waals surface area contributed by atoms with Crippen molar-refractivity contribution in [3.05, 3.63) is 35.4 Å². The van der Waals surface area contributed by atoms with Gasteiger partial charge < -0.3 is 5.11 Å². The Morgan fingerprint density at radius 1 is 1.42 bits per heavy atom. The molecule has 0 aliphatic heterocycles. The van der Waals surface area contributed by atoms with Crippen LogP contribution in [0.1, 0.15) is 18.1 Å². The molecule has 0 unspecified atom stereocenters. The molecule has 1 aromatic carbocycles. The number of carbonyl (C=O) groups excluding carboxylic acids is 1. The lowest BCUT2D eigenvalue weighted by atomic mass is 9.98. The van der Waals surface area contributed by atoms with Gasteiger partial charge >= 0.3 is 0 Å². The van der Waals surface area contributed by atoms with Crippen LogP contribution < -0.4 is 0 Å². The quantitative estimate of drug-likeness (QED) is 0.618. The Balaban J connectivity index is 2.63. The van der Waals surface area contributed by atoms with Crippen molar-refractivity contribution < 1.29 is 9.90 Å². The lowest BCUT2D eigenvalue weighted by Crippen LogP contribution is -2.27. The van der Waals surface area contributed by atoms with Gasteiger partial charge in [-0.15, -0.1) is 0 Å². The van der Waals surface area contributed by atoms with Gasteiger partial charge in [-0.2, -0.15) is 0 Å². The summed E-state index contributed by atoms with van der Waals surface area (Å²) in [7, 11) is 0. The Labute approximate surface area is 70.8 Å². The first-order valence-corrected chi connectivity index (χ1v) is 3.96.